The van der Waals surface area contributed by atoms with E-state index < -0.39 is 29.9 Å². The molecule has 1 aliphatic heterocycles. The Bertz CT molecular complexity index is 1380. The second-order valence-electron chi connectivity index (χ2n) is 8.34. The van der Waals surface area contributed by atoms with Gasteiger partial charge in [0.25, 0.3) is 5.91 Å². The van der Waals surface area contributed by atoms with E-state index >= 15 is 0 Å². The van der Waals surface area contributed by atoms with Gasteiger partial charge >= 0.3 is 18.0 Å². The molecule has 13 nitrogen and oxygen atoms in total. The molecule has 0 aliphatic carbocycles. The fraction of sp³-hybridized carbons (Fsp3) is 0.296. The number of ether oxygens (including phenoxy) is 5. The highest BCUT2D eigenvalue weighted by atomic mass is 127. The van der Waals surface area contributed by atoms with Crippen LogP contribution in [-0.4, -0.2) is 64.1 Å². The van der Waals surface area contributed by atoms with Crippen LogP contribution in [-0.2, 0) is 23.9 Å². The average Bonchev–Trinajstić information content (AvgIpc) is 2.95. The van der Waals surface area contributed by atoms with Gasteiger partial charge in [-0.1, -0.05) is 6.07 Å². The van der Waals surface area contributed by atoms with E-state index in [4.69, 9.17) is 18.9 Å². The van der Waals surface area contributed by atoms with Gasteiger partial charge < -0.3 is 34.3 Å². The third kappa shape index (κ3) is 8.57. The third-order valence-corrected chi connectivity index (χ3v) is 6.42. The van der Waals surface area contributed by atoms with Crippen molar-refractivity contribution >= 4 is 52.7 Å². The van der Waals surface area contributed by atoms with Crippen molar-refractivity contribution in [3.05, 3.63) is 62.4 Å². The maximum atomic E-state index is 12.6. The summed E-state index contributed by atoms with van der Waals surface area (Å²) < 4.78 is 26.9. The summed E-state index contributed by atoms with van der Waals surface area (Å²) in [5.74, 6) is -0.500. The van der Waals surface area contributed by atoms with Gasteiger partial charge in [-0.25, -0.2) is 19.8 Å². The summed E-state index contributed by atoms with van der Waals surface area (Å²) in [7, 11) is 2.71. The zero-order valence-electron chi connectivity index (χ0n) is 22.7. The largest absolute Gasteiger partial charge is 0.493 e. The van der Waals surface area contributed by atoms with Crippen molar-refractivity contribution in [2.24, 2.45) is 5.10 Å². The lowest BCUT2D eigenvalue weighted by molar-refractivity contribution is -0.143. The molecule has 218 valence electrons. The third-order valence-electron chi connectivity index (χ3n) is 5.58. The van der Waals surface area contributed by atoms with E-state index in [9.17, 15) is 19.2 Å². The van der Waals surface area contributed by atoms with Crippen LogP contribution in [0.4, 0.5) is 4.79 Å². The summed E-state index contributed by atoms with van der Waals surface area (Å²) >= 11 is 2.06. The van der Waals surface area contributed by atoms with Gasteiger partial charge in [0.05, 0.1) is 42.2 Å². The molecule has 14 heteroatoms. The number of hydrogen-bond acceptors (Lipinski definition) is 10. The molecule has 0 fully saturated rings. The van der Waals surface area contributed by atoms with E-state index in [2.05, 4.69) is 48.5 Å². The van der Waals surface area contributed by atoms with E-state index in [0.717, 1.165) is 3.57 Å². The van der Waals surface area contributed by atoms with Gasteiger partial charge in [0, 0.05) is 5.70 Å². The van der Waals surface area contributed by atoms with Crippen LogP contribution in [0.15, 0.2) is 52.8 Å². The summed E-state index contributed by atoms with van der Waals surface area (Å²) in [6.07, 6.45) is 1.45. The number of urea groups is 1. The van der Waals surface area contributed by atoms with Crippen LogP contribution in [0.25, 0.3) is 0 Å². The highest BCUT2D eigenvalue weighted by molar-refractivity contribution is 14.1. The van der Waals surface area contributed by atoms with E-state index in [1.165, 1.54) is 20.4 Å². The molecule has 0 saturated carbocycles. The van der Waals surface area contributed by atoms with Gasteiger partial charge in [0.15, 0.2) is 24.7 Å². The number of halogens is 1. The Morgan fingerprint density at radius 1 is 1.05 bits per heavy atom. The van der Waals surface area contributed by atoms with Crippen LogP contribution < -0.4 is 30.3 Å². The second-order valence-corrected chi connectivity index (χ2v) is 9.50. The molecule has 0 spiro atoms. The van der Waals surface area contributed by atoms with Gasteiger partial charge in [0.1, 0.15) is 5.75 Å². The standard InChI is InChI=1S/C27H29IN4O9/c1-5-39-26(35)24-15(2)30-27(36)31-25(24)17-7-9-20(21(11-17)37-3)40-13-22(33)32-29-12-16-6-8-19(18(28)10-16)41-14-23(34)38-4/h6-12,25H,5,13-14H2,1-4H3,(H,32,33)(H2,30,31,36)/b29-12-/t25-/m0/s1. The molecule has 1 heterocycles. The smallest absolute Gasteiger partial charge is 0.343 e. The minimum Gasteiger partial charge on any atom is -0.493 e. The van der Waals surface area contributed by atoms with Crippen LogP contribution >= 0.6 is 22.6 Å². The Labute approximate surface area is 249 Å². The van der Waals surface area contributed by atoms with Crippen LogP contribution in [0.2, 0.25) is 0 Å². The summed E-state index contributed by atoms with van der Waals surface area (Å²) in [4.78, 5) is 48.2. The summed E-state index contributed by atoms with van der Waals surface area (Å²) in [6, 6.07) is 8.74. The first-order valence-corrected chi connectivity index (χ1v) is 13.3. The van der Waals surface area contributed by atoms with E-state index in [1.54, 1.807) is 50.2 Å². The van der Waals surface area contributed by atoms with Gasteiger partial charge in [0.2, 0.25) is 0 Å². The molecule has 3 N–H and O–H groups in total. The number of hydrogen-bond donors (Lipinski definition) is 3. The van der Waals surface area contributed by atoms with E-state index in [0.29, 0.717) is 22.6 Å². The first kappa shape index (κ1) is 31.2. The van der Waals surface area contributed by atoms with Crippen LogP contribution in [0.1, 0.15) is 31.0 Å². The fourth-order valence-electron chi connectivity index (χ4n) is 3.67. The second kappa shape index (κ2) is 14.9. The molecular formula is C27H29IN4O9. The molecule has 1 aliphatic rings. The maximum Gasteiger partial charge on any atom is 0.343 e. The highest BCUT2D eigenvalue weighted by Crippen LogP contribution is 2.34. The lowest BCUT2D eigenvalue weighted by atomic mass is 9.95. The number of esters is 2. The molecule has 2 aromatic carbocycles. The monoisotopic (exact) mass is 680 g/mol. The van der Waals surface area contributed by atoms with Crippen molar-refractivity contribution in [2.75, 3.05) is 34.0 Å². The molecule has 2 aromatic rings. The number of nitrogens with zero attached hydrogens (tertiary/aromatic N) is 1. The number of carbonyl (C=O) groups is 4. The summed E-state index contributed by atoms with van der Waals surface area (Å²) in [6.45, 7) is 2.92. The summed E-state index contributed by atoms with van der Waals surface area (Å²) in [5, 5.41) is 9.23. The quantitative estimate of drug-likeness (QED) is 0.132. The molecule has 1 atom stereocenters. The lowest BCUT2D eigenvalue weighted by Gasteiger charge is -2.28. The predicted molar refractivity (Wildman–Crippen MR) is 155 cm³/mol. The number of allylic oxidation sites excluding steroid dienone is 1. The number of benzene rings is 2. The van der Waals surface area contributed by atoms with Crippen molar-refractivity contribution < 1.29 is 42.9 Å². The lowest BCUT2D eigenvalue weighted by Crippen LogP contribution is -2.45. The maximum absolute atomic E-state index is 12.6. The highest BCUT2D eigenvalue weighted by Gasteiger charge is 2.32. The predicted octanol–water partition coefficient (Wildman–Crippen LogP) is 2.57. The zero-order chi connectivity index (χ0) is 29.9. The van der Waals surface area contributed by atoms with Crippen molar-refractivity contribution in [1.82, 2.24) is 16.1 Å². The Balaban J connectivity index is 1.61. The number of amides is 3. The molecule has 0 saturated heterocycles. The molecule has 0 unspecified atom stereocenters. The first-order valence-electron chi connectivity index (χ1n) is 12.2. The average molecular weight is 680 g/mol. The van der Waals surface area contributed by atoms with Gasteiger partial charge in [-0.2, -0.15) is 5.10 Å². The molecule has 0 aromatic heterocycles. The van der Waals surface area contributed by atoms with Gasteiger partial charge in [-0.05, 0) is 77.9 Å². The molecule has 0 radical (unpaired) electrons. The molecule has 41 heavy (non-hydrogen) atoms. The molecular weight excluding hydrogens is 651 g/mol. The number of carbonyl (C=O) groups excluding carboxylic acids is 4. The normalized spacial score (nSPS) is 14.6. The summed E-state index contributed by atoms with van der Waals surface area (Å²) in [5.41, 5.74) is 4.27. The number of methoxy groups -OCH3 is 2. The Hall–Kier alpha value is -4.34. The Morgan fingerprint density at radius 2 is 1.78 bits per heavy atom. The first-order chi connectivity index (χ1) is 19.7. The van der Waals surface area contributed by atoms with E-state index in [1.807, 2.05) is 0 Å². The van der Waals surface area contributed by atoms with Crippen molar-refractivity contribution in [3.63, 3.8) is 0 Å². The zero-order valence-corrected chi connectivity index (χ0v) is 24.9. The van der Waals surface area contributed by atoms with Crippen molar-refractivity contribution in [2.45, 2.75) is 19.9 Å². The SMILES string of the molecule is CCOC(=O)C1=C(C)NC(=O)N[C@H]1c1ccc(OCC(=O)N/N=C\c2ccc(OCC(=O)OC)c(I)c2)c(OC)c1. The molecule has 0 bridgehead atoms. The van der Waals surface area contributed by atoms with Gasteiger partial charge in [-0.15, -0.1) is 0 Å². The fourth-order valence-corrected chi connectivity index (χ4v) is 4.37. The number of rotatable bonds is 12. The number of nitrogens with one attached hydrogen (secondary N) is 3. The van der Waals surface area contributed by atoms with Crippen LogP contribution in [0.3, 0.4) is 0 Å². The number of hydrazone groups is 1. The Morgan fingerprint density at radius 3 is 2.46 bits per heavy atom. The van der Waals surface area contributed by atoms with Gasteiger partial charge in [-0.3, -0.25) is 4.79 Å². The molecule has 3 rings (SSSR count). The van der Waals surface area contributed by atoms with Crippen LogP contribution in [0.5, 0.6) is 17.2 Å². The topological polar surface area (TPSA) is 163 Å². The minimum atomic E-state index is -0.778. The Kier molecular flexibility index (Phi) is 11.3. The van der Waals surface area contributed by atoms with Crippen molar-refractivity contribution in [1.29, 1.82) is 0 Å². The van der Waals surface area contributed by atoms with E-state index in [-0.39, 0.29) is 36.9 Å². The minimum absolute atomic E-state index is 0.178. The van der Waals surface area contributed by atoms with Crippen LogP contribution in [0, 0.1) is 3.57 Å². The van der Waals surface area contributed by atoms with Crippen molar-refractivity contribution in [3.8, 4) is 17.2 Å². The molecule has 3 amide bonds.